The number of aromatic amines is 1. The summed E-state index contributed by atoms with van der Waals surface area (Å²) in [5.74, 6) is 2.35. The second-order valence-corrected chi connectivity index (χ2v) is 6.30. The molecule has 0 amide bonds. The van der Waals surface area contributed by atoms with Gasteiger partial charge in [0, 0.05) is 23.4 Å². The van der Waals surface area contributed by atoms with Crippen LogP contribution in [0.4, 0.5) is 0 Å². The lowest BCUT2D eigenvalue weighted by Crippen LogP contribution is -2.34. The van der Waals surface area contributed by atoms with Crippen molar-refractivity contribution in [1.82, 2.24) is 9.97 Å². The summed E-state index contributed by atoms with van der Waals surface area (Å²) in [5.41, 5.74) is 7.61. The van der Waals surface area contributed by atoms with Crippen LogP contribution < -0.4 is 15.2 Å². The van der Waals surface area contributed by atoms with Gasteiger partial charge < -0.3 is 20.2 Å². The van der Waals surface area contributed by atoms with Crippen LogP contribution in [0.2, 0.25) is 0 Å². The third kappa shape index (κ3) is 2.79. The van der Waals surface area contributed by atoms with Crippen molar-refractivity contribution in [3.05, 3.63) is 12.1 Å². The van der Waals surface area contributed by atoms with E-state index >= 15 is 0 Å². The summed E-state index contributed by atoms with van der Waals surface area (Å²) in [7, 11) is 0. The molecule has 1 aromatic heterocycles. The van der Waals surface area contributed by atoms with Crippen molar-refractivity contribution >= 4 is 22.8 Å². The number of hydrogen-bond acceptors (Lipinski definition) is 5. The molecule has 0 bridgehead atoms. The third-order valence-corrected chi connectivity index (χ3v) is 4.06. The molecule has 2 heterocycles. The average molecular weight is 279 g/mol. The molecule has 0 radical (unpaired) electrons. The van der Waals surface area contributed by atoms with Gasteiger partial charge in [-0.25, -0.2) is 4.98 Å². The number of nitrogens with one attached hydrogen (secondary N) is 1. The summed E-state index contributed by atoms with van der Waals surface area (Å²) in [6, 6.07) is 3.85. The van der Waals surface area contributed by atoms with Gasteiger partial charge in [0.2, 0.25) is 0 Å². The zero-order valence-electron chi connectivity index (χ0n) is 11.0. The lowest BCUT2D eigenvalue weighted by molar-refractivity contribution is 0.172. The molecule has 0 atom stereocenters. The molecule has 1 aromatic carbocycles. The number of hydrogen-bond donors (Lipinski definition) is 2. The first-order chi connectivity index (χ1) is 9.01. The number of nitrogens with two attached hydrogens (primary N) is 1. The van der Waals surface area contributed by atoms with E-state index in [0.29, 0.717) is 13.2 Å². The van der Waals surface area contributed by atoms with Gasteiger partial charge in [0.25, 0.3) is 0 Å². The van der Waals surface area contributed by atoms with Crippen LogP contribution in [0.15, 0.2) is 17.3 Å². The van der Waals surface area contributed by atoms with Crippen LogP contribution >= 0.6 is 11.8 Å². The van der Waals surface area contributed by atoms with Gasteiger partial charge in [-0.2, -0.15) is 0 Å². The van der Waals surface area contributed by atoms with E-state index in [1.807, 2.05) is 26.0 Å². The van der Waals surface area contributed by atoms with E-state index in [2.05, 4.69) is 9.97 Å². The number of benzene rings is 1. The smallest absolute Gasteiger partial charge is 0.166 e. The maximum Gasteiger partial charge on any atom is 0.166 e. The third-order valence-electron chi connectivity index (χ3n) is 2.71. The first-order valence-corrected chi connectivity index (χ1v) is 7.21. The Morgan fingerprint density at radius 1 is 1.32 bits per heavy atom. The highest BCUT2D eigenvalue weighted by atomic mass is 32.2. The normalized spacial score (nSPS) is 14.9. The van der Waals surface area contributed by atoms with Crippen molar-refractivity contribution in [1.29, 1.82) is 0 Å². The minimum atomic E-state index is -0.213. The lowest BCUT2D eigenvalue weighted by Gasteiger charge is -2.17. The summed E-state index contributed by atoms with van der Waals surface area (Å²) < 4.78 is 11.1. The van der Waals surface area contributed by atoms with Crippen molar-refractivity contribution in [3.8, 4) is 11.5 Å². The van der Waals surface area contributed by atoms with E-state index < -0.39 is 0 Å². The Bertz CT molecular complexity index is 561. The maximum atomic E-state index is 5.97. The van der Waals surface area contributed by atoms with Gasteiger partial charge in [-0.1, -0.05) is 11.8 Å². The lowest BCUT2D eigenvalue weighted by atomic mass is 10.1. The van der Waals surface area contributed by atoms with Gasteiger partial charge in [-0.05, 0) is 13.8 Å². The number of fused-ring (bicyclic) bond motifs is 2. The predicted molar refractivity (Wildman–Crippen MR) is 76.1 cm³/mol. The zero-order valence-corrected chi connectivity index (χ0v) is 11.8. The van der Waals surface area contributed by atoms with Crippen LogP contribution in [-0.4, -0.2) is 34.5 Å². The van der Waals surface area contributed by atoms with Gasteiger partial charge in [0.15, 0.2) is 16.7 Å². The van der Waals surface area contributed by atoms with Crippen LogP contribution in [0, 0.1) is 0 Å². The number of aromatic nitrogens is 2. The molecule has 5 nitrogen and oxygen atoms in total. The van der Waals surface area contributed by atoms with Crippen LogP contribution in [0.5, 0.6) is 11.5 Å². The van der Waals surface area contributed by atoms with Crippen LogP contribution in [-0.2, 0) is 0 Å². The fourth-order valence-corrected chi connectivity index (χ4v) is 2.70. The molecular weight excluding hydrogens is 262 g/mol. The van der Waals surface area contributed by atoms with E-state index in [-0.39, 0.29) is 5.54 Å². The Morgan fingerprint density at radius 2 is 2.00 bits per heavy atom. The topological polar surface area (TPSA) is 73.2 Å². The molecule has 0 fully saturated rings. The second-order valence-electron chi connectivity index (χ2n) is 5.33. The first kappa shape index (κ1) is 12.6. The first-order valence-electron chi connectivity index (χ1n) is 6.22. The van der Waals surface area contributed by atoms with Gasteiger partial charge in [-0.3, -0.25) is 0 Å². The summed E-state index contributed by atoms with van der Waals surface area (Å²) in [4.78, 5) is 7.82. The number of ether oxygens (including phenoxy) is 2. The highest BCUT2D eigenvalue weighted by Crippen LogP contribution is 2.34. The number of H-pyrrole nitrogens is 1. The van der Waals surface area contributed by atoms with Crippen molar-refractivity contribution in [3.63, 3.8) is 0 Å². The number of rotatable bonds is 3. The van der Waals surface area contributed by atoms with Crippen molar-refractivity contribution in [2.24, 2.45) is 5.73 Å². The quantitative estimate of drug-likeness (QED) is 0.842. The van der Waals surface area contributed by atoms with Crippen LogP contribution in [0.25, 0.3) is 11.0 Å². The number of imidazole rings is 1. The molecule has 0 spiro atoms. The van der Waals surface area contributed by atoms with Gasteiger partial charge in [0.1, 0.15) is 13.2 Å². The molecule has 102 valence electrons. The Kier molecular flexibility index (Phi) is 3.06. The van der Waals surface area contributed by atoms with Crippen molar-refractivity contribution < 1.29 is 9.47 Å². The van der Waals surface area contributed by atoms with Gasteiger partial charge >= 0.3 is 0 Å². The van der Waals surface area contributed by atoms with E-state index in [1.54, 1.807) is 11.8 Å². The van der Waals surface area contributed by atoms with E-state index in [1.165, 1.54) is 0 Å². The molecule has 3 N–H and O–H groups in total. The Labute approximate surface area is 115 Å². The second kappa shape index (κ2) is 4.61. The Morgan fingerprint density at radius 3 is 2.68 bits per heavy atom. The van der Waals surface area contributed by atoms with Crippen molar-refractivity contribution in [2.45, 2.75) is 24.5 Å². The molecule has 6 heteroatoms. The molecule has 0 saturated heterocycles. The Balaban J connectivity index is 1.88. The summed E-state index contributed by atoms with van der Waals surface area (Å²) >= 11 is 1.62. The summed E-state index contributed by atoms with van der Waals surface area (Å²) in [6.45, 7) is 5.19. The largest absolute Gasteiger partial charge is 0.486 e. The molecular formula is C13H17N3O2S. The fraction of sp³-hybridized carbons (Fsp3) is 0.462. The van der Waals surface area contributed by atoms with E-state index in [0.717, 1.165) is 33.4 Å². The van der Waals surface area contributed by atoms with Crippen LogP contribution in [0.3, 0.4) is 0 Å². The molecule has 1 aliphatic heterocycles. The molecule has 19 heavy (non-hydrogen) atoms. The minimum Gasteiger partial charge on any atom is -0.486 e. The van der Waals surface area contributed by atoms with E-state index in [4.69, 9.17) is 15.2 Å². The predicted octanol–water partition coefficient (Wildman–Crippen LogP) is 2.16. The van der Waals surface area contributed by atoms with Gasteiger partial charge in [-0.15, -0.1) is 0 Å². The molecule has 0 saturated carbocycles. The molecule has 1 aliphatic rings. The highest BCUT2D eigenvalue weighted by molar-refractivity contribution is 7.99. The standard InChI is InChI=1S/C13H17N3O2S/c1-13(2,14)7-19-12-15-8-5-10-11(6-9(8)16-12)18-4-3-17-10/h5-6H,3-4,7,14H2,1-2H3,(H,15,16). The molecule has 2 aromatic rings. The monoisotopic (exact) mass is 279 g/mol. The minimum absolute atomic E-state index is 0.213. The molecule has 0 unspecified atom stereocenters. The fourth-order valence-electron chi connectivity index (χ4n) is 1.85. The molecule has 0 aliphatic carbocycles. The number of nitrogens with zero attached hydrogens (tertiary/aromatic N) is 1. The maximum absolute atomic E-state index is 5.97. The van der Waals surface area contributed by atoms with E-state index in [9.17, 15) is 0 Å². The highest BCUT2D eigenvalue weighted by Gasteiger charge is 2.16. The van der Waals surface area contributed by atoms with Gasteiger partial charge in [0.05, 0.1) is 11.0 Å². The zero-order chi connectivity index (χ0) is 13.5. The average Bonchev–Trinajstić information content (AvgIpc) is 2.74. The van der Waals surface area contributed by atoms with Crippen molar-refractivity contribution in [2.75, 3.05) is 19.0 Å². The summed E-state index contributed by atoms with van der Waals surface area (Å²) in [6.07, 6.45) is 0. The Hall–Kier alpha value is -1.40. The number of thioether (sulfide) groups is 1. The van der Waals surface area contributed by atoms with Crippen LogP contribution in [0.1, 0.15) is 13.8 Å². The summed E-state index contributed by atoms with van der Waals surface area (Å²) in [5, 5.41) is 0.871. The SMILES string of the molecule is CC(C)(N)CSc1nc2cc3c(cc2[nH]1)OCCO3. The molecule has 3 rings (SSSR count).